The summed E-state index contributed by atoms with van der Waals surface area (Å²) in [5.41, 5.74) is -0.184. The molecular weight excluding hydrogens is 408 g/mol. The maximum Gasteiger partial charge on any atom is 0.410 e. The van der Waals surface area contributed by atoms with E-state index >= 15 is 0 Å². The first-order chi connectivity index (χ1) is 15.0. The molecule has 1 heterocycles. The molecule has 1 aliphatic carbocycles. The highest BCUT2D eigenvalue weighted by Gasteiger charge is 2.38. The fraction of sp³-hybridized carbons (Fsp3) is 0.680. The molecule has 2 fully saturated rings. The van der Waals surface area contributed by atoms with Crippen LogP contribution >= 0.6 is 0 Å². The van der Waals surface area contributed by atoms with Gasteiger partial charge in [0.2, 0.25) is 0 Å². The topological polar surface area (TPSA) is 79.3 Å². The monoisotopic (exact) mass is 446 g/mol. The van der Waals surface area contributed by atoms with Gasteiger partial charge in [0, 0.05) is 44.6 Å². The second kappa shape index (κ2) is 10.1. The van der Waals surface area contributed by atoms with E-state index < -0.39 is 11.6 Å². The van der Waals surface area contributed by atoms with E-state index in [1.807, 2.05) is 25.7 Å². The van der Waals surface area contributed by atoms with Crippen molar-refractivity contribution in [3.05, 3.63) is 29.8 Å². The van der Waals surface area contributed by atoms with Gasteiger partial charge in [-0.3, -0.25) is 4.90 Å². The van der Waals surface area contributed by atoms with Gasteiger partial charge in [0.15, 0.2) is 0 Å². The summed E-state index contributed by atoms with van der Waals surface area (Å²) in [6.07, 6.45) is 3.94. The molecule has 2 aliphatic rings. The minimum absolute atomic E-state index is 0.172. The van der Waals surface area contributed by atoms with Crippen molar-refractivity contribution in [2.45, 2.75) is 84.1 Å². The first-order valence-corrected chi connectivity index (χ1v) is 11.8. The minimum atomic E-state index is -0.926. The standard InChI is InChI=1S/C25H38N2O5/c1-17(2)27(16-18-10-12-26(13-11-18)24(30)32-25(3,4)5)20-14-22(15-20)31-21-8-6-19(7-9-21)23(28)29/h6-9,17-18,20,22H,10-16H2,1-5H3,(H,28,29)/t20-,22-. The average Bonchev–Trinajstić information content (AvgIpc) is 2.68. The lowest BCUT2D eigenvalue weighted by Crippen LogP contribution is -2.54. The number of amides is 1. The summed E-state index contributed by atoms with van der Waals surface area (Å²) in [5.74, 6) is 0.383. The summed E-state index contributed by atoms with van der Waals surface area (Å²) in [7, 11) is 0. The van der Waals surface area contributed by atoms with Gasteiger partial charge >= 0.3 is 12.1 Å². The summed E-state index contributed by atoms with van der Waals surface area (Å²) in [6, 6.07) is 7.59. The van der Waals surface area contributed by atoms with Gasteiger partial charge in [-0.1, -0.05) is 0 Å². The molecule has 0 unspecified atom stereocenters. The Morgan fingerprint density at radius 1 is 1.12 bits per heavy atom. The van der Waals surface area contributed by atoms with Crippen molar-refractivity contribution in [1.29, 1.82) is 0 Å². The number of carbonyl (C=O) groups is 2. The molecular formula is C25H38N2O5. The SMILES string of the molecule is CC(C)N(CC1CCN(C(=O)OC(C)(C)C)CC1)[C@H]1C[C@H](Oc2ccc(C(=O)O)cc2)C1. The Morgan fingerprint density at radius 3 is 2.22 bits per heavy atom. The number of likely N-dealkylation sites (tertiary alicyclic amines) is 1. The zero-order valence-corrected chi connectivity index (χ0v) is 20.0. The van der Waals surface area contributed by atoms with E-state index in [-0.39, 0.29) is 17.8 Å². The Labute approximate surface area is 191 Å². The Morgan fingerprint density at radius 2 is 1.72 bits per heavy atom. The molecule has 1 N–H and O–H groups in total. The Kier molecular flexibility index (Phi) is 7.70. The first kappa shape index (κ1) is 24.4. The maximum atomic E-state index is 12.3. The van der Waals surface area contributed by atoms with E-state index in [0.29, 0.717) is 18.0 Å². The third kappa shape index (κ3) is 6.61. The van der Waals surface area contributed by atoms with Gasteiger partial charge < -0.3 is 19.5 Å². The predicted octanol–water partition coefficient (Wildman–Crippen LogP) is 4.65. The van der Waals surface area contributed by atoms with Gasteiger partial charge in [0.25, 0.3) is 0 Å². The number of piperidine rings is 1. The van der Waals surface area contributed by atoms with E-state index in [1.165, 1.54) is 0 Å². The van der Waals surface area contributed by atoms with Crippen LogP contribution in [-0.4, -0.2) is 70.4 Å². The summed E-state index contributed by atoms with van der Waals surface area (Å²) in [5, 5.41) is 9.01. The van der Waals surface area contributed by atoms with Crippen molar-refractivity contribution >= 4 is 12.1 Å². The van der Waals surface area contributed by atoms with Crippen molar-refractivity contribution in [2.24, 2.45) is 5.92 Å². The predicted molar refractivity (Wildman–Crippen MR) is 123 cm³/mol. The molecule has 7 heteroatoms. The Balaban J connectivity index is 1.44. The molecule has 1 aromatic carbocycles. The minimum Gasteiger partial charge on any atom is -0.490 e. The highest BCUT2D eigenvalue weighted by molar-refractivity contribution is 5.87. The lowest BCUT2D eigenvalue weighted by Gasteiger charge is -2.46. The molecule has 0 atom stereocenters. The molecule has 0 radical (unpaired) electrons. The smallest absolute Gasteiger partial charge is 0.410 e. The van der Waals surface area contributed by atoms with Crippen LogP contribution in [0.1, 0.15) is 70.7 Å². The molecule has 7 nitrogen and oxygen atoms in total. The van der Waals surface area contributed by atoms with Gasteiger partial charge in [-0.05, 0) is 77.6 Å². The summed E-state index contributed by atoms with van der Waals surface area (Å²) < 4.78 is 11.5. The molecule has 1 amide bonds. The van der Waals surface area contributed by atoms with Crippen LogP contribution in [0.2, 0.25) is 0 Å². The summed E-state index contributed by atoms with van der Waals surface area (Å²) >= 11 is 0. The van der Waals surface area contributed by atoms with Crippen LogP contribution in [0, 0.1) is 5.92 Å². The number of benzene rings is 1. The van der Waals surface area contributed by atoms with Gasteiger partial charge in [-0.25, -0.2) is 9.59 Å². The Hall–Kier alpha value is -2.28. The quantitative estimate of drug-likeness (QED) is 0.657. The largest absolute Gasteiger partial charge is 0.490 e. The van der Waals surface area contributed by atoms with Crippen molar-refractivity contribution in [2.75, 3.05) is 19.6 Å². The summed E-state index contributed by atoms with van der Waals surface area (Å²) in [4.78, 5) is 27.7. The molecule has 1 saturated carbocycles. The van der Waals surface area contributed by atoms with Gasteiger partial charge in [0.05, 0.1) is 5.56 Å². The third-order valence-electron chi connectivity index (χ3n) is 6.34. The number of hydrogen-bond acceptors (Lipinski definition) is 5. The molecule has 0 bridgehead atoms. The number of nitrogens with zero attached hydrogens (tertiary/aromatic N) is 2. The fourth-order valence-corrected chi connectivity index (χ4v) is 4.48. The second-order valence-electron chi connectivity index (χ2n) is 10.4. The zero-order valence-electron chi connectivity index (χ0n) is 20.0. The van der Waals surface area contributed by atoms with Crippen LogP contribution in [0.25, 0.3) is 0 Å². The average molecular weight is 447 g/mol. The van der Waals surface area contributed by atoms with Crippen LogP contribution in [0.15, 0.2) is 24.3 Å². The zero-order chi connectivity index (χ0) is 23.5. The van der Waals surface area contributed by atoms with E-state index in [0.717, 1.165) is 51.1 Å². The molecule has 0 aromatic heterocycles. The van der Waals surface area contributed by atoms with Crippen molar-refractivity contribution < 1.29 is 24.2 Å². The van der Waals surface area contributed by atoms with E-state index in [1.54, 1.807) is 24.3 Å². The normalized spacial score (nSPS) is 22.0. The van der Waals surface area contributed by atoms with Gasteiger partial charge in [0.1, 0.15) is 17.5 Å². The molecule has 1 saturated heterocycles. The highest BCUT2D eigenvalue weighted by Crippen LogP contribution is 2.33. The van der Waals surface area contributed by atoms with Crippen molar-refractivity contribution in [3.8, 4) is 5.75 Å². The number of ether oxygens (including phenoxy) is 2. The fourth-order valence-electron chi connectivity index (χ4n) is 4.48. The van der Waals surface area contributed by atoms with E-state index in [4.69, 9.17) is 14.6 Å². The number of aromatic carboxylic acids is 1. The number of carbonyl (C=O) groups excluding carboxylic acids is 1. The van der Waals surface area contributed by atoms with Crippen LogP contribution in [0.4, 0.5) is 4.79 Å². The number of hydrogen-bond donors (Lipinski definition) is 1. The van der Waals surface area contributed by atoms with Crippen molar-refractivity contribution in [3.63, 3.8) is 0 Å². The van der Waals surface area contributed by atoms with Crippen LogP contribution < -0.4 is 4.74 Å². The van der Waals surface area contributed by atoms with Gasteiger partial charge in [-0.2, -0.15) is 0 Å². The molecule has 3 rings (SSSR count). The lowest BCUT2D eigenvalue weighted by atomic mass is 9.85. The van der Waals surface area contributed by atoms with Crippen LogP contribution in [0.3, 0.4) is 0 Å². The van der Waals surface area contributed by atoms with E-state index in [2.05, 4.69) is 18.7 Å². The first-order valence-electron chi connectivity index (χ1n) is 11.8. The molecule has 32 heavy (non-hydrogen) atoms. The third-order valence-corrected chi connectivity index (χ3v) is 6.34. The number of rotatable bonds is 7. The highest BCUT2D eigenvalue weighted by atomic mass is 16.6. The van der Waals surface area contributed by atoms with Crippen LogP contribution in [0.5, 0.6) is 5.75 Å². The number of carboxylic acid groups (broad SMARTS) is 1. The summed E-state index contributed by atoms with van der Waals surface area (Å²) in [6.45, 7) is 12.8. The van der Waals surface area contributed by atoms with Crippen molar-refractivity contribution in [1.82, 2.24) is 9.80 Å². The Bertz CT molecular complexity index is 773. The molecule has 1 aliphatic heterocycles. The molecule has 178 valence electrons. The molecule has 0 spiro atoms. The number of carboxylic acids is 1. The van der Waals surface area contributed by atoms with E-state index in [9.17, 15) is 9.59 Å². The second-order valence-corrected chi connectivity index (χ2v) is 10.4. The lowest BCUT2D eigenvalue weighted by molar-refractivity contribution is -0.0134. The van der Waals surface area contributed by atoms with Crippen LogP contribution in [-0.2, 0) is 4.74 Å². The van der Waals surface area contributed by atoms with Gasteiger partial charge in [-0.15, -0.1) is 0 Å². The molecule has 1 aromatic rings. The maximum absolute atomic E-state index is 12.3.